The van der Waals surface area contributed by atoms with Crippen molar-refractivity contribution in [2.75, 3.05) is 20.1 Å². The first-order valence-corrected chi connectivity index (χ1v) is 7.51. The van der Waals surface area contributed by atoms with Crippen LogP contribution in [0, 0.1) is 5.82 Å². The number of fused-ring (bicyclic) bond motifs is 1. The van der Waals surface area contributed by atoms with Gasteiger partial charge in [-0.3, -0.25) is 4.90 Å². The van der Waals surface area contributed by atoms with Gasteiger partial charge in [-0.15, -0.1) is 11.3 Å². The maximum Gasteiger partial charge on any atom is 0.124 e. The van der Waals surface area contributed by atoms with Gasteiger partial charge in [0.2, 0.25) is 0 Å². The van der Waals surface area contributed by atoms with Crippen LogP contribution in [0.2, 0.25) is 0 Å². The van der Waals surface area contributed by atoms with Gasteiger partial charge in [0.25, 0.3) is 0 Å². The van der Waals surface area contributed by atoms with Crippen molar-refractivity contribution in [3.05, 3.63) is 29.0 Å². The maximum atomic E-state index is 13.2. The number of nitrogens with zero attached hydrogens (tertiary/aromatic N) is 2. The number of aromatic nitrogens is 1. The Morgan fingerprint density at radius 3 is 3.26 bits per heavy atom. The van der Waals surface area contributed by atoms with E-state index in [0.29, 0.717) is 6.04 Å². The first-order valence-electron chi connectivity index (χ1n) is 6.70. The molecule has 5 heteroatoms. The van der Waals surface area contributed by atoms with E-state index in [4.69, 9.17) is 0 Å². The first kappa shape index (κ1) is 13.0. The van der Waals surface area contributed by atoms with Crippen LogP contribution in [0.1, 0.15) is 17.8 Å². The molecule has 1 aromatic carbocycles. The minimum absolute atomic E-state index is 0.183. The zero-order chi connectivity index (χ0) is 13.2. The topological polar surface area (TPSA) is 28.2 Å². The quantitative estimate of drug-likeness (QED) is 0.932. The number of hydrogen-bond donors (Lipinski definition) is 1. The van der Waals surface area contributed by atoms with E-state index in [1.54, 1.807) is 23.5 Å². The smallest absolute Gasteiger partial charge is 0.124 e. The Bertz CT molecular complexity index is 569. The van der Waals surface area contributed by atoms with Crippen LogP contribution in [0.25, 0.3) is 10.2 Å². The molecule has 1 aromatic heterocycles. The molecule has 3 nitrogen and oxygen atoms in total. The van der Waals surface area contributed by atoms with Crippen molar-refractivity contribution in [2.24, 2.45) is 0 Å². The molecular weight excluding hydrogens is 261 g/mol. The Morgan fingerprint density at radius 2 is 2.42 bits per heavy atom. The molecule has 0 bridgehead atoms. The summed E-state index contributed by atoms with van der Waals surface area (Å²) in [6.45, 7) is 3.05. The fourth-order valence-electron chi connectivity index (χ4n) is 2.76. The van der Waals surface area contributed by atoms with Crippen LogP contribution < -0.4 is 5.32 Å². The molecule has 1 N–H and O–H groups in total. The Labute approximate surface area is 116 Å². The Kier molecular flexibility index (Phi) is 3.77. The molecular formula is C14H18FN3S. The van der Waals surface area contributed by atoms with Crippen molar-refractivity contribution in [3.63, 3.8) is 0 Å². The molecule has 1 aliphatic rings. The third-order valence-corrected chi connectivity index (χ3v) is 4.67. The largest absolute Gasteiger partial charge is 0.318 e. The standard InChI is InChI=1S/C14H18FN3S/c1-16-8-11-3-2-6-18(11)9-14-17-12-5-4-10(15)7-13(12)19-14/h4-5,7,11,16H,2-3,6,8-9H2,1H3. The number of rotatable bonds is 4. The molecule has 1 unspecified atom stereocenters. The van der Waals surface area contributed by atoms with Crippen molar-refractivity contribution in [3.8, 4) is 0 Å². The Morgan fingerprint density at radius 1 is 1.53 bits per heavy atom. The number of thiazole rings is 1. The summed E-state index contributed by atoms with van der Waals surface area (Å²) in [6, 6.07) is 5.42. The monoisotopic (exact) mass is 279 g/mol. The Balaban J connectivity index is 1.77. The minimum Gasteiger partial charge on any atom is -0.318 e. The highest BCUT2D eigenvalue weighted by Crippen LogP contribution is 2.26. The van der Waals surface area contributed by atoms with Crippen LogP contribution >= 0.6 is 11.3 Å². The van der Waals surface area contributed by atoms with Gasteiger partial charge in [0.15, 0.2) is 0 Å². The van der Waals surface area contributed by atoms with Crippen molar-refractivity contribution >= 4 is 21.6 Å². The average Bonchev–Trinajstić information content (AvgIpc) is 2.97. The number of likely N-dealkylation sites (tertiary alicyclic amines) is 1. The van der Waals surface area contributed by atoms with Crippen molar-refractivity contribution in [1.29, 1.82) is 0 Å². The summed E-state index contributed by atoms with van der Waals surface area (Å²) in [5.41, 5.74) is 0.908. The number of hydrogen-bond acceptors (Lipinski definition) is 4. The molecule has 1 atom stereocenters. The van der Waals surface area contributed by atoms with Gasteiger partial charge in [-0.2, -0.15) is 0 Å². The van der Waals surface area contributed by atoms with Gasteiger partial charge in [-0.1, -0.05) is 0 Å². The van der Waals surface area contributed by atoms with Crippen LogP contribution in [0.15, 0.2) is 18.2 Å². The lowest BCUT2D eigenvalue weighted by Gasteiger charge is -2.22. The molecule has 3 rings (SSSR count). The molecule has 1 aliphatic heterocycles. The van der Waals surface area contributed by atoms with Crippen molar-refractivity contribution < 1.29 is 4.39 Å². The predicted octanol–water partition coefficient (Wildman–Crippen LogP) is 2.62. The highest BCUT2D eigenvalue weighted by Gasteiger charge is 2.24. The molecule has 0 saturated carbocycles. The molecule has 2 aromatic rings. The number of nitrogens with one attached hydrogen (secondary N) is 1. The van der Waals surface area contributed by atoms with E-state index in [0.717, 1.165) is 34.9 Å². The summed E-state index contributed by atoms with van der Waals surface area (Å²) in [4.78, 5) is 7.08. The zero-order valence-electron chi connectivity index (χ0n) is 11.0. The van der Waals surface area contributed by atoms with Crippen LogP contribution in [-0.4, -0.2) is 36.1 Å². The zero-order valence-corrected chi connectivity index (χ0v) is 11.8. The van der Waals surface area contributed by atoms with Gasteiger partial charge < -0.3 is 5.32 Å². The lowest BCUT2D eigenvalue weighted by Crippen LogP contribution is -2.36. The van der Waals surface area contributed by atoms with Crippen LogP contribution in [0.5, 0.6) is 0 Å². The lowest BCUT2D eigenvalue weighted by atomic mass is 10.2. The van der Waals surface area contributed by atoms with Gasteiger partial charge in [0.1, 0.15) is 10.8 Å². The van der Waals surface area contributed by atoms with E-state index in [-0.39, 0.29) is 5.82 Å². The summed E-state index contributed by atoms with van der Waals surface area (Å²) in [7, 11) is 2.00. The van der Waals surface area contributed by atoms with Crippen LogP contribution in [0.3, 0.4) is 0 Å². The fourth-order valence-corrected chi connectivity index (χ4v) is 3.78. The van der Waals surface area contributed by atoms with E-state index in [2.05, 4.69) is 15.2 Å². The number of halogens is 1. The van der Waals surface area contributed by atoms with Crippen molar-refractivity contribution in [2.45, 2.75) is 25.4 Å². The molecule has 1 saturated heterocycles. The van der Waals surface area contributed by atoms with Gasteiger partial charge >= 0.3 is 0 Å². The third-order valence-electron chi connectivity index (χ3n) is 3.67. The molecule has 19 heavy (non-hydrogen) atoms. The van der Waals surface area contributed by atoms with Gasteiger partial charge in [-0.05, 0) is 44.6 Å². The van der Waals surface area contributed by atoms with Crippen LogP contribution in [-0.2, 0) is 6.54 Å². The third kappa shape index (κ3) is 2.78. The number of likely N-dealkylation sites (N-methyl/N-ethyl adjacent to an activating group) is 1. The second-order valence-corrected chi connectivity index (χ2v) is 6.16. The number of benzene rings is 1. The SMILES string of the molecule is CNCC1CCCN1Cc1nc2ccc(F)cc2s1. The molecule has 0 spiro atoms. The predicted molar refractivity (Wildman–Crippen MR) is 76.9 cm³/mol. The summed E-state index contributed by atoms with van der Waals surface area (Å²) in [5.74, 6) is -0.183. The highest BCUT2D eigenvalue weighted by atomic mass is 32.1. The van der Waals surface area contributed by atoms with E-state index < -0.39 is 0 Å². The summed E-state index contributed by atoms with van der Waals surface area (Å²) in [5, 5.41) is 4.34. The normalized spacial score (nSPS) is 20.4. The molecule has 2 heterocycles. The minimum atomic E-state index is -0.183. The molecule has 1 fully saturated rings. The molecule has 0 radical (unpaired) electrons. The summed E-state index contributed by atoms with van der Waals surface area (Å²) >= 11 is 1.61. The molecule has 0 amide bonds. The first-order chi connectivity index (χ1) is 9.26. The summed E-state index contributed by atoms with van der Waals surface area (Å²) < 4.78 is 14.1. The molecule has 102 valence electrons. The van der Waals surface area contributed by atoms with E-state index in [1.165, 1.54) is 18.9 Å². The van der Waals surface area contributed by atoms with Crippen molar-refractivity contribution in [1.82, 2.24) is 15.2 Å². The summed E-state index contributed by atoms with van der Waals surface area (Å²) in [6.07, 6.45) is 2.51. The fraction of sp³-hybridized carbons (Fsp3) is 0.500. The second kappa shape index (κ2) is 5.53. The highest BCUT2D eigenvalue weighted by molar-refractivity contribution is 7.18. The van der Waals surface area contributed by atoms with E-state index in [9.17, 15) is 4.39 Å². The molecule has 0 aliphatic carbocycles. The van der Waals surface area contributed by atoms with E-state index in [1.807, 2.05) is 7.05 Å². The van der Waals surface area contributed by atoms with Gasteiger partial charge in [-0.25, -0.2) is 9.37 Å². The maximum absolute atomic E-state index is 13.2. The second-order valence-electron chi connectivity index (χ2n) is 5.04. The van der Waals surface area contributed by atoms with Gasteiger partial charge in [0.05, 0.1) is 16.8 Å². The van der Waals surface area contributed by atoms with Crippen LogP contribution in [0.4, 0.5) is 4.39 Å². The average molecular weight is 279 g/mol. The van der Waals surface area contributed by atoms with Gasteiger partial charge in [0, 0.05) is 12.6 Å². The van der Waals surface area contributed by atoms with E-state index >= 15 is 0 Å². The lowest BCUT2D eigenvalue weighted by molar-refractivity contribution is 0.242. The Hall–Kier alpha value is -1.04.